The van der Waals surface area contributed by atoms with Gasteiger partial charge in [-0.1, -0.05) is 33.1 Å². The quantitative estimate of drug-likeness (QED) is 0.683. The van der Waals surface area contributed by atoms with Crippen molar-refractivity contribution < 1.29 is 4.74 Å². The summed E-state index contributed by atoms with van der Waals surface area (Å²) < 4.78 is 5.53. The number of ether oxygens (including phenoxy) is 1. The van der Waals surface area contributed by atoms with Crippen LogP contribution in [0.5, 0.6) is 0 Å². The Labute approximate surface area is 100 Å². The van der Waals surface area contributed by atoms with Crippen molar-refractivity contribution in [1.82, 2.24) is 5.32 Å². The zero-order valence-electron chi connectivity index (χ0n) is 10.9. The molecule has 0 saturated carbocycles. The van der Waals surface area contributed by atoms with Crippen molar-refractivity contribution in [3.63, 3.8) is 0 Å². The standard InChI is InChI=1S/C14H27NO/c1-3-5-8-13(4-2)11-15-12-14-9-6-7-10-16-14/h7,10,13-15H,3-6,8-9,11-12H2,1-2H3. The largest absolute Gasteiger partial charge is 0.497 e. The second-order valence-corrected chi connectivity index (χ2v) is 4.78. The minimum absolute atomic E-state index is 0.397. The van der Waals surface area contributed by atoms with Crippen LogP contribution in [-0.2, 0) is 4.74 Å². The van der Waals surface area contributed by atoms with Gasteiger partial charge in [-0.25, -0.2) is 0 Å². The Hall–Kier alpha value is -0.500. The Morgan fingerprint density at radius 3 is 2.94 bits per heavy atom. The Balaban J connectivity index is 2.05. The van der Waals surface area contributed by atoms with Gasteiger partial charge in [-0.3, -0.25) is 0 Å². The van der Waals surface area contributed by atoms with E-state index in [1.165, 1.54) is 32.1 Å². The van der Waals surface area contributed by atoms with Crippen LogP contribution in [0.3, 0.4) is 0 Å². The summed E-state index contributed by atoms with van der Waals surface area (Å²) in [5.74, 6) is 0.846. The van der Waals surface area contributed by atoms with Gasteiger partial charge in [0, 0.05) is 6.54 Å². The average Bonchev–Trinajstić information content (AvgIpc) is 2.35. The van der Waals surface area contributed by atoms with Crippen LogP contribution in [0.4, 0.5) is 0 Å². The molecule has 1 aliphatic heterocycles. The van der Waals surface area contributed by atoms with Crippen molar-refractivity contribution in [2.24, 2.45) is 5.92 Å². The van der Waals surface area contributed by atoms with E-state index in [9.17, 15) is 0 Å². The predicted octanol–water partition coefficient (Wildman–Crippen LogP) is 3.49. The summed E-state index contributed by atoms with van der Waals surface area (Å²) in [6.45, 7) is 6.72. The first-order valence-corrected chi connectivity index (χ1v) is 6.88. The lowest BCUT2D eigenvalue weighted by atomic mass is 9.99. The van der Waals surface area contributed by atoms with Crippen molar-refractivity contribution in [2.45, 2.75) is 58.5 Å². The molecule has 0 aromatic heterocycles. The van der Waals surface area contributed by atoms with Crippen LogP contribution in [-0.4, -0.2) is 19.2 Å². The maximum absolute atomic E-state index is 5.53. The van der Waals surface area contributed by atoms with Crippen molar-refractivity contribution in [3.8, 4) is 0 Å². The third kappa shape index (κ3) is 5.55. The molecule has 1 N–H and O–H groups in total. The van der Waals surface area contributed by atoms with Gasteiger partial charge in [-0.2, -0.15) is 0 Å². The van der Waals surface area contributed by atoms with Crippen LogP contribution >= 0.6 is 0 Å². The zero-order chi connectivity index (χ0) is 11.6. The minimum Gasteiger partial charge on any atom is -0.497 e. The fraction of sp³-hybridized carbons (Fsp3) is 0.857. The lowest BCUT2D eigenvalue weighted by molar-refractivity contribution is 0.121. The van der Waals surface area contributed by atoms with Crippen molar-refractivity contribution >= 4 is 0 Å². The highest BCUT2D eigenvalue weighted by Crippen LogP contribution is 2.12. The van der Waals surface area contributed by atoms with Crippen LogP contribution < -0.4 is 5.32 Å². The summed E-state index contributed by atoms with van der Waals surface area (Å²) in [4.78, 5) is 0. The van der Waals surface area contributed by atoms with Gasteiger partial charge >= 0.3 is 0 Å². The highest BCUT2D eigenvalue weighted by Gasteiger charge is 2.11. The van der Waals surface area contributed by atoms with E-state index < -0.39 is 0 Å². The zero-order valence-corrected chi connectivity index (χ0v) is 10.9. The predicted molar refractivity (Wildman–Crippen MR) is 69.4 cm³/mol. The van der Waals surface area contributed by atoms with Gasteiger partial charge in [0.1, 0.15) is 6.10 Å². The maximum Gasteiger partial charge on any atom is 0.110 e. The molecule has 2 atom stereocenters. The van der Waals surface area contributed by atoms with Gasteiger partial charge in [0.2, 0.25) is 0 Å². The van der Waals surface area contributed by atoms with E-state index in [1.807, 2.05) is 6.26 Å². The first-order chi connectivity index (χ1) is 7.86. The highest BCUT2D eigenvalue weighted by atomic mass is 16.5. The fourth-order valence-electron chi connectivity index (χ4n) is 2.13. The van der Waals surface area contributed by atoms with Gasteiger partial charge in [-0.15, -0.1) is 0 Å². The van der Waals surface area contributed by atoms with E-state index in [0.29, 0.717) is 6.10 Å². The summed E-state index contributed by atoms with van der Waals surface area (Å²) in [5, 5.41) is 3.56. The number of rotatable bonds is 8. The number of hydrogen-bond donors (Lipinski definition) is 1. The van der Waals surface area contributed by atoms with Crippen LogP contribution in [0.1, 0.15) is 52.4 Å². The molecule has 0 aromatic carbocycles. The summed E-state index contributed by atoms with van der Waals surface area (Å²) in [6, 6.07) is 0. The Morgan fingerprint density at radius 2 is 2.31 bits per heavy atom. The lowest BCUT2D eigenvalue weighted by Crippen LogP contribution is -2.32. The Bertz CT molecular complexity index is 191. The summed E-state index contributed by atoms with van der Waals surface area (Å²) in [7, 11) is 0. The lowest BCUT2D eigenvalue weighted by Gasteiger charge is -2.21. The van der Waals surface area contributed by atoms with Crippen molar-refractivity contribution in [1.29, 1.82) is 0 Å². The minimum atomic E-state index is 0.397. The van der Waals surface area contributed by atoms with E-state index in [-0.39, 0.29) is 0 Å². The fourth-order valence-corrected chi connectivity index (χ4v) is 2.13. The van der Waals surface area contributed by atoms with E-state index >= 15 is 0 Å². The molecule has 0 aliphatic carbocycles. The summed E-state index contributed by atoms with van der Waals surface area (Å²) in [5.41, 5.74) is 0. The molecule has 2 unspecified atom stereocenters. The van der Waals surface area contributed by atoms with Gasteiger partial charge in [0.05, 0.1) is 6.26 Å². The monoisotopic (exact) mass is 225 g/mol. The molecule has 1 rings (SSSR count). The number of unbranched alkanes of at least 4 members (excludes halogenated alkanes) is 1. The Morgan fingerprint density at radius 1 is 1.44 bits per heavy atom. The number of nitrogens with one attached hydrogen (secondary N) is 1. The van der Waals surface area contributed by atoms with Gasteiger partial charge in [-0.05, 0) is 37.8 Å². The molecule has 94 valence electrons. The second-order valence-electron chi connectivity index (χ2n) is 4.78. The smallest absolute Gasteiger partial charge is 0.110 e. The molecule has 1 heterocycles. The van der Waals surface area contributed by atoms with Crippen molar-refractivity contribution in [2.75, 3.05) is 13.1 Å². The Kier molecular flexibility index (Phi) is 7.32. The molecule has 0 spiro atoms. The number of allylic oxidation sites excluding steroid dienone is 1. The van der Waals surface area contributed by atoms with Gasteiger partial charge in [0.25, 0.3) is 0 Å². The van der Waals surface area contributed by atoms with Gasteiger partial charge in [0.15, 0.2) is 0 Å². The molecule has 0 fully saturated rings. The molecule has 0 saturated heterocycles. The summed E-state index contributed by atoms with van der Waals surface area (Å²) >= 11 is 0. The highest BCUT2D eigenvalue weighted by molar-refractivity contribution is 4.83. The van der Waals surface area contributed by atoms with Crippen LogP contribution in [0, 0.1) is 5.92 Å². The number of hydrogen-bond acceptors (Lipinski definition) is 2. The van der Waals surface area contributed by atoms with Crippen LogP contribution in [0.25, 0.3) is 0 Å². The molecule has 0 radical (unpaired) electrons. The van der Waals surface area contributed by atoms with E-state index in [4.69, 9.17) is 4.74 Å². The molecule has 1 aliphatic rings. The first kappa shape index (κ1) is 13.6. The summed E-state index contributed by atoms with van der Waals surface area (Å²) in [6.07, 6.45) is 12.0. The molecule has 0 aromatic rings. The molecule has 16 heavy (non-hydrogen) atoms. The van der Waals surface area contributed by atoms with Crippen LogP contribution in [0.2, 0.25) is 0 Å². The normalized spacial score (nSPS) is 21.8. The molecule has 2 heteroatoms. The third-order valence-corrected chi connectivity index (χ3v) is 3.37. The molecule has 0 amide bonds. The SMILES string of the molecule is CCCCC(CC)CNCC1CCC=CO1. The molecular weight excluding hydrogens is 198 g/mol. The van der Waals surface area contributed by atoms with E-state index in [1.54, 1.807) is 0 Å². The second kappa shape index (κ2) is 8.63. The molecule has 0 bridgehead atoms. The molecular formula is C14H27NO. The topological polar surface area (TPSA) is 21.3 Å². The van der Waals surface area contributed by atoms with E-state index in [0.717, 1.165) is 25.4 Å². The average molecular weight is 225 g/mol. The molecule has 2 nitrogen and oxygen atoms in total. The first-order valence-electron chi connectivity index (χ1n) is 6.88. The van der Waals surface area contributed by atoms with Crippen LogP contribution in [0.15, 0.2) is 12.3 Å². The van der Waals surface area contributed by atoms with Gasteiger partial charge < -0.3 is 10.1 Å². The van der Waals surface area contributed by atoms with E-state index in [2.05, 4.69) is 25.2 Å². The maximum atomic E-state index is 5.53. The third-order valence-electron chi connectivity index (χ3n) is 3.37. The van der Waals surface area contributed by atoms with Crippen molar-refractivity contribution in [3.05, 3.63) is 12.3 Å².